The van der Waals surface area contributed by atoms with Gasteiger partial charge in [0.25, 0.3) is 0 Å². The van der Waals surface area contributed by atoms with E-state index in [1.807, 2.05) is 23.9 Å². The van der Waals surface area contributed by atoms with Gasteiger partial charge in [-0.05, 0) is 18.2 Å². The van der Waals surface area contributed by atoms with Crippen LogP contribution in [0.1, 0.15) is 0 Å². The van der Waals surface area contributed by atoms with Gasteiger partial charge in [0.15, 0.2) is 0 Å². The van der Waals surface area contributed by atoms with Crippen LogP contribution in [0, 0.1) is 0 Å². The highest BCUT2D eigenvalue weighted by atomic mass is 35.5. The second-order valence-electron chi connectivity index (χ2n) is 3.00. The first-order valence-electron chi connectivity index (χ1n) is 4.05. The predicted octanol–water partition coefficient (Wildman–Crippen LogP) is 3.52. The van der Waals surface area contributed by atoms with Gasteiger partial charge in [-0.15, -0.1) is 0 Å². The maximum atomic E-state index is 5.99. The molecule has 0 spiro atoms. The molecule has 0 aromatic heterocycles. The van der Waals surface area contributed by atoms with E-state index in [9.17, 15) is 0 Å². The Morgan fingerprint density at radius 3 is 2.69 bits per heavy atom. The molecule has 0 amide bonds. The van der Waals surface area contributed by atoms with Gasteiger partial charge in [-0.25, -0.2) is 0 Å². The first kappa shape index (κ1) is 9.50. The molecule has 1 N–H and O–H groups in total. The van der Waals surface area contributed by atoms with Crippen molar-refractivity contribution in [1.82, 2.24) is 0 Å². The lowest BCUT2D eigenvalue weighted by molar-refractivity contribution is 0.882. The van der Waals surface area contributed by atoms with Crippen LogP contribution in [-0.4, -0.2) is 17.5 Å². The van der Waals surface area contributed by atoms with E-state index >= 15 is 0 Å². The molecule has 0 saturated carbocycles. The molecule has 70 valence electrons. The van der Waals surface area contributed by atoms with Gasteiger partial charge in [-0.2, -0.15) is 11.8 Å². The summed E-state index contributed by atoms with van der Waals surface area (Å²) in [6, 6.07) is 6.04. The molecular formula is C9H9Cl2NS. The largest absolute Gasteiger partial charge is 0.379 e. The van der Waals surface area contributed by atoms with Crippen molar-refractivity contribution in [3.63, 3.8) is 0 Å². The van der Waals surface area contributed by atoms with Crippen LogP contribution in [0.2, 0.25) is 10.0 Å². The van der Waals surface area contributed by atoms with E-state index in [0.717, 1.165) is 27.2 Å². The maximum absolute atomic E-state index is 5.99. The molecule has 1 aliphatic heterocycles. The van der Waals surface area contributed by atoms with Crippen molar-refractivity contribution in [2.45, 2.75) is 6.04 Å². The van der Waals surface area contributed by atoms with Gasteiger partial charge < -0.3 is 5.32 Å². The third-order valence-corrected chi connectivity index (χ3v) is 3.77. The fraction of sp³-hybridized carbons (Fsp3) is 0.333. The van der Waals surface area contributed by atoms with Gasteiger partial charge in [0.05, 0.1) is 10.7 Å². The minimum absolute atomic E-state index is 0.556. The number of anilines is 1. The van der Waals surface area contributed by atoms with Crippen molar-refractivity contribution >= 4 is 40.7 Å². The molecule has 1 fully saturated rings. The SMILES string of the molecule is Clc1ccc(Cl)c(NC2CSC2)c1. The molecule has 0 radical (unpaired) electrons. The van der Waals surface area contributed by atoms with E-state index in [4.69, 9.17) is 23.2 Å². The number of halogens is 2. The lowest BCUT2D eigenvalue weighted by Crippen LogP contribution is -2.33. The molecule has 0 atom stereocenters. The highest BCUT2D eigenvalue weighted by Gasteiger charge is 2.18. The topological polar surface area (TPSA) is 12.0 Å². The van der Waals surface area contributed by atoms with Crippen LogP contribution in [0.3, 0.4) is 0 Å². The molecule has 1 aromatic carbocycles. The molecule has 0 unspecified atom stereocenters. The second kappa shape index (κ2) is 3.99. The summed E-state index contributed by atoms with van der Waals surface area (Å²) in [4.78, 5) is 0. The van der Waals surface area contributed by atoms with Gasteiger partial charge in [0.1, 0.15) is 0 Å². The smallest absolute Gasteiger partial charge is 0.0638 e. The van der Waals surface area contributed by atoms with E-state index in [2.05, 4.69) is 5.32 Å². The molecule has 1 nitrogen and oxygen atoms in total. The van der Waals surface area contributed by atoms with Crippen LogP contribution in [0.25, 0.3) is 0 Å². The zero-order valence-electron chi connectivity index (χ0n) is 6.89. The Labute approximate surface area is 91.8 Å². The number of benzene rings is 1. The van der Waals surface area contributed by atoms with E-state index in [0.29, 0.717) is 6.04 Å². The maximum Gasteiger partial charge on any atom is 0.0638 e. The standard InChI is InChI=1S/C9H9Cl2NS/c10-6-1-2-8(11)9(3-6)12-7-4-13-5-7/h1-3,7,12H,4-5H2. The summed E-state index contributed by atoms with van der Waals surface area (Å²) < 4.78 is 0. The molecule has 0 aliphatic carbocycles. The van der Waals surface area contributed by atoms with Crippen molar-refractivity contribution < 1.29 is 0 Å². The molecule has 1 heterocycles. The lowest BCUT2D eigenvalue weighted by Gasteiger charge is -2.27. The normalized spacial score (nSPS) is 16.8. The number of nitrogens with one attached hydrogen (secondary N) is 1. The average molecular weight is 234 g/mol. The molecular weight excluding hydrogens is 225 g/mol. The minimum atomic E-state index is 0.556. The Bertz CT molecular complexity index is 312. The Morgan fingerprint density at radius 1 is 1.31 bits per heavy atom. The zero-order chi connectivity index (χ0) is 9.26. The fourth-order valence-electron chi connectivity index (χ4n) is 1.15. The van der Waals surface area contributed by atoms with Crippen LogP contribution in [0.15, 0.2) is 18.2 Å². The van der Waals surface area contributed by atoms with Crippen LogP contribution < -0.4 is 5.32 Å². The summed E-state index contributed by atoms with van der Waals surface area (Å²) in [6.07, 6.45) is 0. The Hall–Kier alpha value is -0.0500. The first-order valence-corrected chi connectivity index (χ1v) is 5.96. The Morgan fingerprint density at radius 2 is 2.08 bits per heavy atom. The molecule has 13 heavy (non-hydrogen) atoms. The van der Waals surface area contributed by atoms with Crippen LogP contribution in [0.5, 0.6) is 0 Å². The number of hydrogen-bond donors (Lipinski definition) is 1. The number of thioether (sulfide) groups is 1. The van der Waals surface area contributed by atoms with Gasteiger partial charge in [-0.3, -0.25) is 0 Å². The predicted molar refractivity (Wildman–Crippen MR) is 61.2 cm³/mol. The highest BCUT2D eigenvalue weighted by molar-refractivity contribution is 8.00. The highest BCUT2D eigenvalue weighted by Crippen LogP contribution is 2.29. The lowest BCUT2D eigenvalue weighted by atomic mass is 10.3. The third kappa shape index (κ3) is 2.25. The van der Waals surface area contributed by atoms with E-state index in [1.54, 1.807) is 6.07 Å². The van der Waals surface area contributed by atoms with Crippen molar-refractivity contribution in [3.05, 3.63) is 28.2 Å². The van der Waals surface area contributed by atoms with Crippen molar-refractivity contribution in [1.29, 1.82) is 0 Å². The van der Waals surface area contributed by atoms with Crippen molar-refractivity contribution in [2.24, 2.45) is 0 Å². The van der Waals surface area contributed by atoms with Crippen molar-refractivity contribution in [3.8, 4) is 0 Å². The molecule has 0 bridgehead atoms. The molecule has 4 heteroatoms. The zero-order valence-corrected chi connectivity index (χ0v) is 9.22. The van der Waals surface area contributed by atoms with Gasteiger partial charge >= 0.3 is 0 Å². The Kier molecular flexibility index (Phi) is 2.92. The summed E-state index contributed by atoms with van der Waals surface area (Å²) in [5.74, 6) is 2.31. The molecule has 1 aromatic rings. The second-order valence-corrected chi connectivity index (χ2v) is 4.92. The monoisotopic (exact) mass is 233 g/mol. The number of rotatable bonds is 2. The summed E-state index contributed by atoms with van der Waals surface area (Å²) >= 11 is 13.8. The molecule has 1 saturated heterocycles. The fourth-order valence-corrected chi connectivity index (χ4v) is 2.13. The van der Waals surface area contributed by atoms with Crippen molar-refractivity contribution in [2.75, 3.05) is 16.8 Å². The van der Waals surface area contributed by atoms with Gasteiger partial charge in [-0.1, -0.05) is 23.2 Å². The van der Waals surface area contributed by atoms with Crippen LogP contribution >= 0.6 is 35.0 Å². The summed E-state index contributed by atoms with van der Waals surface area (Å²) in [7, 11) is 0. The van der Waals surface area contributed by atoms with Gasteiger partial charge in [0.2, 0.25) is 0 Å². The van der Waals surface area contributed by atoms with E-state index in [1.165, 1.54) is 0 Å². The van der Waals surface area contributed by atoms with Crippen LogP contribution in [0.4, 0.5) is 5.69 Å². The number of hydrogen-bond acceptors (Lipinski definition) is 2. The molecule has 1 aliphatic rings. The van der Waals surface area contributed by atoms with E-state index in [-0.39, 0.29) is 0 Å². The minimum Gasteiger partial charge on any atom is -0.379 e. The van der Waals surface area contributed by atoms with Gasteiger partial charge in [0, 0.05) is 22.6 Å². The third-order valence-electron chi connectivity index (χ3n) is 1.93. The summed E-state index contributed by atoms with van der Waals surface area (Å²) in [5, 5.41) is 4.81. The summed E-state index contributed by atoms with van der Waals surface area (Å²) in [5.41, 5.74) is 0.944. The first-order chi connectivity index (χ1) is 6.25. The summed E-state index contributed by atoms with van der Waals surface area (Å²) in [6.45, 7) is 0. The van der Waals surface area contributed by atoms with E-state index < -0.39 is 0 Å². The van der Waals surface area contributed by atoms with Crippen LogP contribution in [-0.2, 0) is 0 Å². The Balaban J connectivity index is 2.13. The molecule has 2 rings (SSSR count). The average Bonchev–Trinajstić information content (AvgIpc) is 2.03. The quantitative estimate of drug-likeness (QED) is 0.840.